The van der Waals surface area contributed by atoms with Crippen molar-refractivity contribution in [1.82, 2.24) is 4.90 Å². The molecular formula is C22H26N2O4. The van der Waals surface area contributed by atoms with Gasteiger partial charge in [0.15, 0.2) is 0 Å². The number of piperidine rings is 1. The number of esters is 1. The van der Waals surface area contributed by atoms with Crippen molar-refractivity contribution in [2.45, 2.75) is 25.4 Å². The van der Waals surface area contributed by atoms with Gasteiger partial charge in [-0.15, -0.1) is 0 Å². The molecule has 0 atom stereocenters. The molecule has 28 heavy (non-hydrogen) atoms. The molecule has 6 nitrogen and oxygen atoms in total. The third-order valence-electron chi connectivity index (χ3n) is 4.92. The van der Waals surface area contributed by atoms with Crippen molar-refractivity contribution in [1.29, 1.82) is 0 Å². The highest BCUT2D eigenvalue weighted by Gasteiger charge is 2.23. The first-order chi connectivity index (χ1) is 13.7. The number of rotatable bonds is 6. The molecule has 1 aliphatic rings. The van der Waals surface area contributed by atoms with Crippen molar-refractivity contribution >= 4 is 17.7 Å². The fourth-order valence-electron chi connectivity index (χ4n) is 3.35. The molecule has 1 saturated heterocycles. The number of para-hydroxylation sites is 1. The van der Waals surface area contributed by atoms with E-state index in [4.69, 9.17) is 4.74 Å². The van der Waals surface area contributed by atoms with Crippen LogP contribution in [-0.4, -0.2) is 49.8 Å². The number of ether oxygens (including phenoxy) is 2. The molecular weight excluding hydrogens is 356 g/mol. The number of nitrogens with zero attached hydrogens (tertiary/aromatic N) is 1. The minimum Gasteiger partial charge on any atom is -0.469 e. The summed E-state index contributed by atoms with van der Waals surface area (Å²) < 4.78 is 10.3. The number of carbonyl (C=O) groups is 2. The van der Waals surface area contributed by atoms with Crippen LogP contribution in [-0.2, 0) is 14.3 Å². The van der Waals surface area contributed by atoms with Crippen molar-refractivity contribution in [3.05, 3.63) is 54.6 Å². The maximum absolute atomic E-state index is 12.4. The largest absolute Gasteiger partial charge is 0.469 e. The van der Waals surface area contributed by atoms with E-state index in [1.165, 1.54) is 7.11 Å². The Labute approximate surface area is 165 Å². The molecule has 1 aliphatic heterocycles. The van der Waals surface area contributed by atoms with E-state index in [0.29, 0.717) is 13.0 Å². The Hall–Kier alpha value is -2.86. The first-order valence-corrected chi connectivity index (χ1v) is 9.57. The summed E-state index contributed by atoms with van der Waals surface area (Å²) in [7, 11) is 1.40. The second-order valence-electron chi connectivity index (χ2n) is 6.81. The zero-order chi connectivity index (χ0) is 19.8. The highest BCUT2D eigenvalue weighted by molar-refractivity contribution is 5.91. The summed E-state index contributed by atoms with van der Waals surface area (Å²) in [4.78, 5) is 25.8. The van der Waals surface area contributed by atoms with Crippen LogP contribution in [0.5, 0.6) is 0 Å². The number of amides is 1. The Bertz CT molecular complexity index is 786. The van der Waals surface area contributed by atoms with E-state index in [9.17, 15) is 9.59 Å². The van der Waals surface area contributed by atoms with Gasteiger partial charge in [0.25, 0.3) is 0 Å². The van der Waals surface area contributed by atoms with Gasteiger partial charge in [-0.1, -0.05) is 48.5 Å². The maximum Gasteiger partial charge on any atom is 0.411 e. The van der Waals surface area contributed by atoms with Gasteiger partial charge in [0.2, 0.25) is 0 Å². The summed E-state index contributed by atoms with van der Waals surface area (Å²) in [5, 5.41) is 2.88. The fraction of sp³-hybridized carbons (Fsp3) is 0.364. The molecule has 0 aliphatic carbocycles. The molecule has 1 fully saturated rings. The highest BCUT2D eigenvalue weighted by atomic mass is 16.6. The summed E-state index contributed by atoms with van der Waals surface area (Å²) in [5.74, 6) is -0.199. The number of methoxy groups -OCH3 is 1. The standard InChI is InChI=1S/C22H26N2O4/c1-27-21(25)13-16-24-14-11-18(12-15-24)28-22(26)23-20-10-6-5-9-19(20)17-7-3-2-4-8-17/h2-10,18H,11-16H2,1H3,(H,23,26). The lowest BCUT2D eigenvalue weighted by atomic mass is 10.0. The number of benzene rings is 2. The van der Waals surface area contributed by atoms with E-state index in [2.05, 4.69) is 15.0 Å². The number of hydrogen-bond acceptors (Lipinski definition) is 5. The molecule has 1 N–H and O–H groups in total. The Kier molecular flexibility index (Phi) is 7.03. The van der Waals surface area contributed by atoms with Crippen molar-refractivity contribution in [3.8, 4) is 11.1 Å². The minimum absolute atomic E-state index is 0.113. The van der Waals surface area contributed by atoms with Crippen LogP contribution in [0.2, 0.25) is 0 Å². The molecule has 148 valence electrons. The van der Waals surface area contributed by atoms with Crippen molar-refractivity contribution in [3.63, 3.8) is 0 Å². The smallest absolute Gasteiger partial charge is 0.411 e. The van der Waals surface area contributed by atoms with Gasteiger partial charge < -0.3 is 14.4 Å². The van der Waals surface area contributed by atoms with Crippen LogP contribution < -0.4 is 5.32 Å². The third-order valence-corrected chi connectivity index (χ3v) is 4.92. The molecule has 1 heterocycles. The van der Waals surface area contributed by atoms with E-state index >= 15 is 0 Å². The van der Waals surface area contributed by atoms with E-state index in [-0.39, 0.29) is 12.1 Å². The van der Waals surface area contributed by atoms with Gasteiger partial charge in [0.05, 0.1) is 19.2 Å². The van der Waals surface area contributed by atoms with Crippen LogP contribution in [0.15, 0.2) is 54.6 Å². The van der Waals surface area contributed by atoms with Gasteiger partial charge in [-0.05, 0) is 24.5 Å². The summed E-state index contributed by atoms with van der Waals surface area (Å²) in [6.45, 7) is 2.28. The van der Waals surface area contributed by atoms with Gasteiger partial charge in [-0.3, -0.25) is 10.1 Å². The fourth-order valence-corrected chi connectivity index (χ4v) is 3.35. The van der Waals surface area contributed by atoms with Crippen LogP contribution in [0.4, 0.5) is 10.5 Å². The molecule has 0 unspecified atom stereocenters. The lowest BCUT2D eigenvalue weighted by Crippen LogP contribution is -2.39. The molecule has 3 rings (SSSR count). The SMILES string of the molecule is COC(=O)CCN1CCC(OC(=O)Nc2ccccc2-c2ccccc2)CC1. The van der Waals surface area contributed by atoms with Crippen LogP contribution in [0, 0.1) is 0 Å². The van der Waals surface area contributed by atoms with Crippen molar-refractivity contribution < 1.29 is 19.1 Å². The summed E-state index contributed by atoms with van der Waals surface area (Å²) in [6, 6.07) is 17.6. The third kappa shape index (κ3) is 5.57. The summed E-state index contributed by atoms with van der Waals surface area (Å²) in [6.07, 6.45) is 1.36. The topological polar surface area (TPSA) is 67.9 Å². The predicted octanol–water partition coefficient (Wildman–Crippen LogP) is 3.93. The molecule has 1 amide bonds. The summed E-state index contributed by atoms with van der Waals surface area (Å²) >= 11 is 0. The Balaban J connectivity index is 1.50. The monoisotopic (exact) mass is 382 g/mol. The zero-order valence-corrected chi connectivity index (χ0v) is 16.1. The average molecular weight is 382 g/mol. The van der Waals surface area contributed by atoms with Gasteiger partial charge in [0.1, 0.15) is 6.10 Å². The quantitative estimate of drug-likeness (QED) is 0.767. The van der Waals surface area contributed by atoms with Crippen LogP contribution in [0.25, 0.3) is 11.1 Å². The molecule has 0 saturated carbocycles. The molecule has 0 spiro atoms. The first kappa shape index (κ1) is 19.9. The summed E-state index contributed by atoms with van der Waals surface area (Å²) in [5.41, 5.74) is 2.73. The average Bonchev–Trinajstić information content (AvgIpc) is 2.74. The number of hydrogen-bond donors (Lipinski definition) is 1. The van der Waals surface area contributed by atoms with E-state index in [0.717, 1.165) is 42.7 Å². The van der Waals surface area contributed by atoms with Gasteiger partial charge in [-0.25, -0.2) is 4.79 Å². The Morgan fingerprint density at radius 2 is 1.71 bits per heavy atom. The molecule has 2 aromatic rings. The van der Waals surface area contributed by atoms with Crippen LogP contribution in [0.1, 0.15) is 19.3 Å². The number of anilines is 1. The molecule has 0 aromatic heterocycles. The lowest BCUT2D eigenvalue weighted by molar-refractivity contribution is -0.141. The molecule has 6 heteroatoms. The van der Waals surface area contributed by atoms with Gasteiger partial charge in [0, 0.05) is 25.2 Å². The number of nitrogens with one attached hydrogen (secondary N) is 1. The Morgan fingerprint density at radius 3 is 2.43 bits per heavy atom. The molecule has 0 bridgehead atoms. The predicted molar refractivity (Wildman–Crippen MR) is 108 cm³/mol. The van der Waals surface area contributed by atoms with Crippen LogP contribution in [0.3, 0.4) is 0 Å². The lowest BCUT2D eigenvalue weighted by Gasteiger charge is -2.31. The highest BCUT2D eigenvalue weighted by Crippen LogP contribution is 2.28. The second kappa shape index (κ2) is 9.90. The van der Waals surface area contributed by atoms with E-state index in [1.54, 1.807) is 0 Å². The van der Waals surface area contributed by atoms with Crippen molar-refractivity contribution in [2.24, 2.45) is 0 Å². The zero-order valence-electron chi connectivity index (χ0n) is 16.1. The van der Waals surface area contributed by atoms with Crippen molar-refractivity contribution in [2.75, 3.05) is 32.1 Å². The maximum atomic E-state index is 12.4. The van der Waals surface area contributed by atoms with E-state index < -0.39 is 6.09 Å². The van der Waals surface area contributed by atoms with Gasteiger partial charge in [-0.2, -0.15) is 0 Å². The molecule has 2 aromatic carbocycles. The van der Waals surface area contributed by atoms with Gasteiger partial charge >= 0.3 is 12.1 Å². The second-order valence-corrected chi connectivity index (χ2v) is 6.81. The Morgan fingerprint density at radius 1 is 1.04 bits per heavy atom. The van der Waals surface area contributed by atoms with Crippen LogP contribution >= 0.6 is 0 Å². The normalized spacial score (nSPS) is 15.0. The first-order valence-electron chi connectivity index (χ1n) is 9.57. The van der Waals surface area contributed by atoms with E-state index in [1.807, 2.05) is 54.6 Å². The number of carbonyl (C=O) groups excluding carboxylic acids is 2. The molecule has 0 radical (unpaired) electrons. The minimum atomic E-state index is -0.434. The number of likely N-dealkylation sites (tertiary alicyclic amines) is 1.